The standard InChI is InChI=1S/C24H17Br/c1-14-3-4-17-5-6-18-13-15(2)22(16-7-9-19(25)10-8-16)21-12-11-20(14)23(17)24(18)21/h3-13H,1-2H3. The Kier molecular flexibility index (Phi) is 3.17. The first-order valence-electron chi connectivity index (χ1n) is 8.57. The van der Waals surface area contributed by atoms with Crippen molar-refractivity contribution in [1.29, 1.82) is 0 Å². The van der Waals surface area contributed by atoms with Gasteiger partial charge in [-0.3, -0.25) is 0 Å². The lowest BCUT2D eigenvalue weighted by molar-refractivity contribution is 1.49. The van der Waals surface area contributed by atoms with Crippen LogP contribution in [0.3, 0.4) is 0 Å². The van der Waals surface area contributed by atoms with E-state index in [0.29, 0.717) is 0 Å². The van der Waals surface area contributed by atoms with Crippen LogP contribution in [0.2, 0.25) is 0 Å². The summed E-state index contributed by atoms with van der Waals surface area (Å²) in [5.74, 6) is 0. The van der Waals surface area contributed by atoms with Crippen LogP contribution in [0.4, 0.5) is 0 Å². The SMILES string of the molecule is Cc1cc2ccc3ccc(C)c4ccc(c1-c1ccc(Br)cc1)c2c34. The molecule has 25 heavy (non-hydrogen) atoms. The smallest absolute Gasteiger partial charge is 0.0175 e. The van der Waals surface area contributed by atoms with Crippen LogP contribution in [0.25, 0.3) is 43.4 Å². The number of aryl methyl sites for hydroxylation is 2. The Labute approximate surface area is 155 Å². The molecule has 0 heterocycles. The largest absolute Gasteiger partial charge is 0.0581 e. The molecule has 0 aliphatic rings. The van der Waals surface area contributed by atoms with Crippen LogP contribution in [0, 0.1) is 13.8 Å². The molecule has 0 bridgehead atoms. The fourth-order valence-corrected chi connectivity index (χ4v) is 4.43. The molecule has 5 rings (SSSR count). The van der Waals surface area contributed by atoms with Gasteiger partial charge in [-0.15, -0.1) is 0 Å². The molecule has 0 spiro atoms. The molecule has 0 unspecified atom stereocenters. The number of halogens is 1. The minimum atomic E-state index is 1.11. The van der Waals surface area contributed by atoms with E-state index in [1.165, 1.54) is 54.6 Å². The minimum absolute atomic E-state index is 1.11. The summed E-state index contributed by atoms with van der Waals surface area (Å²) in [6.07, 6.45) is 0. The molecule has 0 aliphatic heterocycles. The fourth-order valence-electron chi connectivity index (χ4n) is 4.17. The van der Waals surface area contributed by atoms with Crippen molar-refractivity contribution in [3.8, 4) is 11.1 Å². The molecule has 0 atom stereocenters. The van der Waals surface area contributed by atoms with Crippen molar-refractivity contribution in [1.82, 2.24) is 0 Å². The molecule has 0 fully saturated rings. The van der Waals surface area contributed by atoms with E-state index in [1.54, 1.807) is 0 Å². The van der Waals surface area contributed by atoms with Crippen LogP contribution in [-0.2, 0) is 0 Å². The molecular weight excluding hydrogens is 368 g/mol. The van der Waals surface area contributed by atoms with Crippen LogP contribution >= 0.6 is 15.9 Å². The van der Waals surface area contributed by atoms with Gasteiger partial charge in [0, 0.05) is 4.47 Å². The molecule has 0 radical (unpaired) electrons. The first-order valence-corrected chi connectivity index (χ1v) is 9.36. The molecule has 0 aromatic heterocycles. The molecular formula is C24H17Br. The third kappa shape index (κ3) is 2.12. The first-order chi connectivity index (χ1) is 12.1. The lowest BCUT2D eigenvalue weighted by Crippen LogP contribution is -1.91. The van der Waals surface area contributed by atoms with Gasteiger partial charge in [0.2, 0.25) is 0 Å². The molecule has 1 heteroatoms. The average Bonchev–Trinajstić information content (AvgIpc) is 2.62. The highest BCUT2D eigenvalue weighted by atomic mass is 79.9. The number of hydrogen-bond donors (Lipinski definition) is 0. The van der Waals surface area contributed by atoms with Crippen LogP contribution in [0.1, 0.15) is 11.1 Å². The Morgan fingerprint density at radius 3 is 2.04 bits per heavy atom. The minimum Gasteiger partial charge on any atom is -0.0581 e. The van der Waals surface area contributed by atoms with Gasteiger partial charge in [-0.2, -0.15) is 0 Å². The summed E-state index contributed by atoms with van der Waals surface area (Å²) in [6.45, 7) is 4.42. The Morgan fingerprint density at radius 1 is 0.600 bits per heavy atom. The highest BCUT2D eigenvalue weighted by Crippen LogP contribution is 2.41. The average molecular weight is 385 g/mol. The van der Waals surface area contributed by atoms with Crippen LogP contribution in [0.5, 0.6) is 0 Å². The van der Waals surface area contributed by atoms with E-state index in [1.807, 2.05) is 0 Å². The van der Waals surface area contributed by atoms with Crippen LogP contribution < -0.4 is 0 Å². The summed E-state index contributed by atoms with van der Waals surface area (Å²) in [6, 6.07) is 24.6. The molecule has 0 saturated carbocycles. The van der Waals surface area contributed by atoms with Gasteiger partial charge >= 0.3 is 0 Å². The monoisotopic (exact) mass is 384 g/mol. The topological polar surface area (TPSA) is 0 Å². The van der Waals surface area contributed by atoms with E-state index in [0.717, 1.165) is 4.47 Å². The van der Waals surface area contributed by atoms with Gasteiger partial charge in [-0.05, 0) is 80.6 Å². The lowest BCUT2D eigenvalue weighted by atomic mass is 9.86. The molecule has 5 aromatic rings. The predicted molar refractivity (Wildman–Crippen MR) is 113 cm³/mol. The second kappa shape index (κ2) is 5.31. The van der Waals surface area contributed by atoms with E-state index < -0.39 is 0 Å². The van der Waals surface area contributed by atoms with Gasteiger partial charge in [-0.1, -0.05) is 70.5 Å². The van der Waals surface area contributed by atoms with E-state index in [-0.39, 0.29) is 0 Å². The summed E-state index contributed by atoms with van der Waals surface area (Å²) in [7, 11) is 0. The van der Waals surface area contributed by atoms with Crippen LogP contribution in [-0.4, -0.2) is 0 Å². The zero-order valence-corrected chi connectivity index (χ0v) is 15.8. The van der Waals surface area contributed by atoms with Gasteiger partial charge in [0.05, 0.1) is 0 Å². The number of hydrogen-bond acceptors (Lipinski definition) is 0. The Morgan fingerprint density at radius 2 is 1.24 bits per heavy atom. The summed E-state index contributed by atoms with van der Waals surface area (Å²) in [5, 5.41) is 8.15. The predicted octanol–water partition coefficient (Wildman–Crippen LogP) is 7.63. The van der Waals surface area contributed by atoms with Crippen molar-refractivity contribution < 1.29 is 0 Å². The van der Waals surface area contributed by atoms with Crippen molar-refractivity contribution in [2.24, 2.45) is 0 Å². The summed E-state index contributed by atoms with van der Waals surface area (Å²) in [5.41, 5.74) is 5.28. The third-order valence-electron chi connectivity index (χ3n) is 5.33. The maximum Gasteiger partial charge on any atom is 0.0175 e. The van der Waals surface area contributed by atoms with E-state index in [4.69, 9.17) is 0 Å². The molecule has 5 aromatic carbocycles. The Balaban J connectivity index is 2.01. The molecule has 0 amide bonds. The lowest BCUT2D eigenvalue weighted by Gasteiger charge is -2.17. The summed E-state index contributed by atoms with van der Waals surface area (Å²) >= 11 is 3.55. The third-order valence-corrected chi connectivity index (χ3v) is 5.86. The molecule has 120 valence electrons. The molecule has 0 N–H and O–H groups in total. The van der Waals surface area contributed by atoms with Gasteiger partial charge in [0.1, 0.15) is 0 Å². The second-order valence-electron chi connectivity index (χ2n) is 6.88. The molecule has 0 nitrogen and oxygen atoms in total. The van der Waals surface area contributed by atoms with E-state index in [9.17, 15) is 0 Å². The van der Waals surface area contributed by atoms with Crippen molar-refractivity contribution in [2.45, 2.75) is 13.8 Å². The maximum atomic E-state index is 3.55. The summed E-state index contributed by atoms with van der Waals surface area (Å²) < 4.78 is 1.11. The van der Waals surface area contributed by atoms with Gasteiger partial charge in [0.15, 0.2) is 0 Å². The Bertz CT molecular complexity index is 1250. The number of benzene rings is 5. The van der Waals surface area contributed by atoms with E-state index >= 15 is 0 Å². The first kappa shape index (κ1) is 14.9. The molecule has 0 aliphatic carbocycles. The zero-order valence-electron chi connectivity index (χ0n) is 14.2. The summed E-state index contributed by atoms with van der Waals surface area (Å²) in [4.78, 5) is 0. The maximum absolute atomic E-state index is 3.55. The van der Waals surface area contributed by atoms with Gasteiger partial charge < -0.3 is 0 Å². The number of rotatable bonds is 1. The van der Waals surface area contributed by atoms with Crippen molar-refractivity contribution in [3.05, 3.63) is 82.3 Å². The van der Waals surface area contributed by atoms with Crippen molar-refractivity contribution in [3.63, 3.8) is 0 Å². The quantitative estimate of drug-likeness (QED) is 0.260. The highest BCUT2D eigenvalue weighted by molar-refractivity contribution is 9.10. The fraction of sp³-hybridized carbons (Fsp3) is 0.0833. The zero-order chi connectivity index (χ0) is 17.1. The Hall–Kier alpha value is -2.38. The van der Waals surface area contributed by atoms with Crippen molar-refractivity contribution in [2.75, 3.05) is 0 Å². The normalized spacial score (nSPS) is 11.8. The van der Waals surface area contributed by atoms with Gasteiger partial charge in [0.25, 0.3) is 0 Å². The van der Waals surface area contributed by atoms with Crippen molar-refractivity contribution >= 4 is 48.2 Å². The second-order valence-corrected chi connectivity index (χ2v) is 7.80. The molecule has 0 saturated heterocycles. The van der Waals surface area contributed by atoms with E-state index in [2.05, 4.69) is 96.5 Å². The highest BCUT2D eigenvalue weighted by Gasteiger charge is 2.15. The van der Waals surface area contributed by atoms with Crippen LogP contribution in [0.15, 0.2) is 71.2 Å². The van der Waals surface area contributed by atoms with Gasteiger partial charge in [-0.25, -0.2) is 0 Å².